The molecule has 0 aliphatic rings. The third-order valence-electron chi connectivity index (χ3n) is 3.20. The van der Waals surface area contributed by atoms with Gasteiger partial charge in [-0.25, -0.2) is 17.9 Å². The van der Waals surface area contributed by atoms with Crippen LogP contribution in [-0.4, -0.2) is 51.1 Å². The molecule has 0 saturated heterocycles. The average molecular weight is 300 g/mol. The van der Waals surface area contributed by atoms with Gasteiger partial charge in [-0.15, -0.1) is 0 Å². The molecular weight excluding hydrogens is 280 g/mol. The number of nitrogens with zero attached hydrogens (tertiary/aromatic N) is 1. The van der Waals surface area contributed by atoms with Gasteiger partial charge in [-0.2, -0.15) is 0 Å². The first-order valence-corrected chi connectivity index (χ1v) is 7.63. The number of sulfonamides is 1. The molecule has 2 N–H and O–H groups in total. The van der Waals surface area contributed by atoms with Gasteiger partial charge < -0.3 is 10.0 Å². The summed E-state index contributed by atoms with van der Waals surface area (Å²) in [6.07, 6.45) is 0. The van der Waals surface area contributed by atoms with Gasteiger partial charge in [0.1, 0.15) is 0 Å². The van der Waals surface area contributed by atoms with E-state index in [1.54, 1.807) is 6.92 Å². The van der Waals surface area contributed by atoms with Crippen LogP contribution in [0.5, 0.6) is 0 Å². The van der Waals surface area contributed by atoms with Crippen LogP contribution in [0.3, 0.4) is 0 Å². The largest absolute Gasteiger partial charge is 0.478 e. The molecule has 0 fully saturated rings. The number of hydrogen-bond donors (Lipinski definition) is 2. The lowest BCUT2D eigenvalue weighted by molar-refractivity contribution is 0.0696. The molecular formula is C13H20N2O4S. The van der Waals surface area contributed by atoms with Crippen molar-refractivity contribution in [3.05, 3.63) is 29.3 Å². The van der Waals surface area contributed by atoms with Crippen LogP contribution < -0.4 is 4.72 Å². The number of nitrogens with one attached hydrogen (secondary N) is 1. The van der Waals surface area contributed by atoms with Gasteiger partial charge in [-0.05, 0) is 45.6 Å². The highest BCUT2D eigenvalue weighted by Gasteiger charge is 2.18. The molecule has 7 heteroatoms. The van der Waals surface area contributed by atoms with E-state index in [4.69, 9.17) is 5.11 Å². The van der Waals surface area contributed by atoms with Gasteiger partial charge in [0.25, 0.3) is 0 Å². The average Bonchev–Trinajstić information content (AvgIpc) is 2.35. The van der Waals surface area contributed by atoms with Gasteiger partial charge in [-0.1, -0.05) is 6.07 Å². The second kappa shape index (κ2) is 6.34. The molecule has 0 heterocycles. The molecule has 0 spiro atoms. The third kappa shape index (κ3) is 4.03. The lowest BCUT2D eigenvalue weighted by atomic mass is 10.1. The first-order valence-electron chi connectivity index (χ1n) is 6.15. The van der Waals surface area contributed by atoms with Crippen molar-refractivity contribution in [3.8, 4) is 0 Å². The number of aryl methyl sites for hydroxylation is 1. The van der Waals surface area contributed by atoms with Crippen molar-refractivity contribution >= 4 is 16.0 Å². The monoisotopic (exact) mass is 300 g/mol. The van der Waals surface area contributed by atoms with Crippen LogP contribution in [0.25, 0.3) is 0 Å². The zero-order chi connectivity index (χ0) is 15.5. The summed E-state index contributed by atoms with van der Waals surface area (Å²) in [5, 5.41) is 9.02. The predicted octanol–water partition coefficient (Wildman–Crippen LogP) is 0.922. The maximum atomic E-state index is 12.1. The molecule has 1 aromatic rings. The van der Waals surface area contributed by atoms with Crippen LogP contribution in [0, 0.1) is 6.92 Å². The molecule has 112 valence electrons. The van der Waals surface area contributed by atoms with Crippen molar-refractivity contribution in [2.24, 2.45) is 0 Å². The molecule has 1 atom stereocenters. The Bertz CT molecular complexity index is 596. The summed E-state index contributed by atoms with van der Waals surface area (Å²) in [6, 6.07) is 4.12. The van der Waals surface area contributed by atoms with Gasteiger partial charge in [0.2, 0.25) is 10.0 Å². The molecule has 0 amide bonds. The molecule has 6 nitrogen and oxygen atoms in total. The number of carboxylic acid groups (broad SMARTS) is 1. The Morgan fingerprint density at radius 1 is 1.40 bits per heavy atom. The zero-order valence-corrected chi connectivity index (χ0v) is 12.9. The Hall–Kier alpha value is -1.44. The van der Waals surface area contributed by atoms with Crippen LogP contribution in [0.4, 0.5) is 0 Å². The first kappa shape index (κ1) is 16.6. The predicted molar refractivity (Wildman–Crippen MR) is 76.5 cm³/mol. The van der Waals surface area contributed by atoms with E-state index >= 15 is 0 Å². The molecule has 0 saturated carbocycles. The molecule has 0 radical (unpaired) electrons. The van der Waals surface area contributed by atoms with Crippen molar-refractivity contribution in [2.45, 2.75) is 24.8 Å². The SMILES string of the molecule is Cc1ccc(S(=O)(=O)NCC(C)N(C)C)cc1C(=O)O. The topological polar surface area (TPSA) is 86.7 Å². The molecule has 0 bridgehead atoms. The van der Waals surface area contributed by atoms with Crippen molar-refractivity contribution < 1.29 is 18.3 Å². The molecule has 1 rings (SSSR count). The molecule has 0 aromatic heterocycles. The van der Waals surface area contributed by atoms with E-state index in [-0.39, 0.29) is 23.0 Å². The summed E-state index contributed by atoms with van der Waals surface area (Å²) in [5.74, 6) is -1.14. The van der Waals surface area contributed by atoms with Gasteiger partial charge in [-0.3, -0.25) is 0 Å². The maximum Gasteiger partial charge on any atom is 0.335 e. The molecule has 1 unspecified atom stereocenters. The number of rotatable bonds is 6. The van der Waals surface area contributed by atoms with Crippen LogP contribution in [0.1, 0.15) is 22.8 Å². The number of likely N-dealkylation sites (N-methyl/N-ethyl adjacent to an activating group) is 1. The van der Waals surface area contributed by atoms with Crippen LogP contribution in [0.2, 0.25) is 0 Å². The number of carboxylic acids is 1. The normalized spacial score (nSPS) is 13.4. The Balaban J connectivity index is 2.99. The highest BCUT2D eigenvalue weighted by Crippen LogP contribution is 2.15. The van der Waals surface area contributed by atoms with Crippen LogP contribution >= 0.6 is 0 Å². The fraction of sp³-hybridized carbons (Fsp3) is 0.462. The molecule has 20 heavy (non-hydrogen) atoms. The van der Waals surface area contributed by atoms with Crippen molar-refractivity contribution in [2.75, 3.05) is 20.6 Å². The summed E-state index contributed by atoms with van der Waals surface area (Å²) in [4.78, 5) is 12.9. The van der Waals surface area contributed by atoms with Crippen LogP contribution in [0.15, 0.2) is 23.1 Å². The van der Waals surface area contributed by atoms with Crippen molar-refractivity contribution in [1.82, 2.24) is 9.62 Å². The first-order chi connectivity index (χ1) is 9.15. The molecule has 0 aliphatic carbocycles. The van der Waals surface area contributed by atoms with Gasteiger partial charge >= 0.3 is 5.97 Å². The Morgan fingerprint density at radius 3 is 2.50 bits per heavy atom. The number of carbonyl (C=O) groups is 1. The van der Waals surface area contributed by atoms with Crippen molar-refractivity contribution in [1.29, 1.82) is 0 Å². The van der Waals surface area contributed by atoms with E-state index < -0.39 is 16.0 Å². The Labute approximate surface area is 119 Å². The maximum absolute atomic E-state index is 12.1. The van der Waals surface area contributed by atoms with E-state index in [0.29, 0.717) is 5.56 Å². The minimum absolute atomic E-state index is 0.00599. The minimum Gasteiger partial charge on any atom is -0.478 e. The summed E-state index contributed by atoms with van der Waals surface area (Å²) in [7, 11) is 0.00744. The van der Waals surface area contributed by atoms with Gasteiger partial charge in [0, 0.05) is 12.6 Å². The summed E-state index contributed by atoms with van der Waals surface area (Å²) in [6.45, 7) is 3.77. The van der Waals surface area contributed by atoms with E-state index in [1.165, 1.54) is 18.2 Å². The molecule has 0 aliphatic heterocycles. The lowest BCUT2D eigenvalue weighted by Gasteiger charge is -2.20. The lowest BCUT2D eigenvalue weighted by Crippen LogP contribution is -2.38. The smallest absolute Gasteiger partial charge is 0.335 e. The molecule has 1 aromatic carbocycles. The standard InChI is InChI=1S/C13H20N2O4S/c1-9-5-6-11(7-12(9)13(16)17)20(18,19)14-8-10(2)15(3)4/h5-7,10,14H,8H2,1-4H3,(H,16,17). The van der Waals surface area contributed by atoms with E-state index in [9.17, 15) is 13.2 Å². The number of aromatic carboxylic acids is 1. The summed E-state index contributed by atoms with van der Waals surface area (Å²) < 4.78 is 26.7. The minimum atomic E-state index is -3.70. The fourth-order valence-electron chi connectivity index (χ4n) is 1.49. The second-order valence-corrected chi connectivity index (χ2v) is 6.71. The summed E-state index contributed by atoms with van der Waals surface area (Å²) in [5.41, 5.74) is 0.520. The van der Waals surface area contributed by atoms with Crippen molar-refractivity contribution in [3.63, 3.8) is 0 Å². The van der Waals surface area contributed by atoms with E-state index in [1.807, 2.05) is 25.9 Å². The highest BCUT2D eigenvalue weighted by atomic mass is 32.2. The zero-order valence-electron chi connectivity index (χ0n) is 12.0. The number of hydrogen-bond acceptors (Lipinski definition) is 4. The van der Waals surface area contributed by atoms with Gasteiger partial charge in [0.15, 0.2) is 0 Å². The number of benzene rings is 1. The van der Waals surface area contributed by atoms with E-state index in [0.717, 1.165) is 0 Å². The van der Waals surface area contributed by atoms with Crippen LogP contribution in [-0.2, 0) is 10.0 Å². The Morgan fingerprint density at radius 2 is 2.00 bits per heavy atom. The fourth-order valence-corrected chi connectivity index (χ4v) is 2.64. The van der Waals surface area contributed by atoms with E-state index in [2.05, 4.69) is 4.72 Å². The summed E-state index contributed by atoms with van der Waals surface area (Å²) >= 11 is 0. The Kier molecular flexibility index (Phi) is 5.27. The second-order valence-electron chi connectivity index (χ2n) is 4.95. The third-order valence-corrected chi connectivity index (χ3v) is 4.62. The highest BCUT2D eigenvalue weighted by molar-refractivity contribution is 7.89. The quantitative estimate of drug-likeness (QED) is 0.816. The van der Waals surface area contributed by atoms with Gasteiger partial charge in [0.05, 0.1) is 10.5 Å².